The molecule has 4 amide bonds. The molecule has 9 nitrogen and oxygen atoms in total. The lowest BCUT2D eigenvalue weighted by atomic mass is 9.97. The Morgan fingerprint density at radius 2 is 1.71 bits per heavy atom. The molecule has 0 spiro atoms. The zero-order chi connectivity index (χ0) is 22.0. The van der Waals surface area contributed by atoms with Gasteiger partial charge in [0.25, 0.3) is 10.0 Å². The molecule has 2 saturated heterocycles. The number of urea groups is 1. The van der Waals surface area contributed by atoms with Gasteiger partial charge in [0.15, 0.2) is 0 Å². The highest BCUT2D eigenvalue weighted by Crippen LogP contribution is 2.24. The SMILES string of the molecule is O=C1C(=O)N(CN2CCN(S(=O)(=O)c3cccs3)CC2)C(=O)N1CCC1=CCCCC1. The van der Waals surface area contributed by atoms with E-state index in [4.69, 9.17) is 0 Å². The van der Waals surface area contributed by atoms with Crippen LogP contribution in [0.1, 0.15) is 32.1 Å². The Hall–Kier alpha value is -2.08. The van der Waals surface area contributed by atoms with Gasteiger partial charge in [-0.1, -0.05) is 17.7 Å². The number of carbonyl (C=O) groups is 3. The second kappa shape index (κ2) is 9.19. The molecule has 4 rings (SSSR count). The summed E-state index contributed by atoms with van der Waals surface area (Å²) in [4.78, 5) is 41.3. The minimum Gasteiger partial charge on any atom is -0.283 e. The quantitative estimate of drug-likeness (QED) is 0.345. The van der Waals surface area contributed by atoms with E-state index in [2.05, 4.69) is 6.08 Å². The van der Waals surface area contributed by atoms with Crippen molar-refractivity contribution in [3.63, 3.8) is 0 Å². The van der Waals surface area contributed by atoms with Crippen molar-refractivity contribution < 1.29 is 22.8 Å². The predicted octanol–water partition coefficient (Wildman–Crippen LogP) is 1.69. The Morgan fingerprint density at radius 3 is 2.35 bits per heavy atom. The largest absolute Gasteiger partial charge is 0.335 e. The van der Waals surface area contributed by atoms with Crippen LogP contribution in [0.25, 0.3) is 0 Å². The summed E-state index contributed by atoms with van der Waals surface area (Å²) in [5.74, 6) is -1.59. The molecule has 0 saturated carbocycles. The lowest BCUT2D eigenvalue weighted by Gasteiger charge is -2.34. The molecule has 0 bridgehead atoms. The molecule has 2 aliphatic heterocycles. The third kappa shape index (κ3) is 4.59. The lowest BCUT2D eigenvalue weighted by molar-refractivity contribution is -0.144. The van der Waals surface area contributed by atoms with Gasteiger partial charge in [-0.05, 0) is 43.6 Å². The molecule has 3 heterocycles. The van der Waals surface area contributed by atoms with Crippen LogP contribution in [0.2, 0.25) is 0 Å². The Bertz CT molecular complexity index is 981. The van der Waals surface area contributed by atoms with E-state index in [1.165, 1.54) is 27.6 Å². The number of imide groups is 2. The number of nitrogens with zero attached hydrogens (tertiary/aromatic N) is 4. The van der Waals surface area contributed by atoms with Crippen molar-refractivity contribution in [1.82, 2.24) is 19.0 Å². The third-order valence-corrected chi connectivity index (χ3v) is 9.21. The van der Waals surface area contributed by atoms with E-state index >= 15 is 0 Å². The molecular formula is C20H26N4O5S2. The fourth-order valence-corrected chi connectivity index (χ4v) is 6.67. The average molecular weight is 467 g/mol. The first-order chi connectivity index (χ1) is 14.9. The first-order valence-electron chi connectivity index (χ1n) is 10.5. The van der Waals surface area contributed by atoms with Crippen molar-refractivity contribution in [2.75, 3.05) is 39.4 Å². The van der Waals surface area contributed by atoms with Gasteiger partial charge >= 0.3 is 17.8 Å². The highest BCUT2D eigenvalue weighted by molar-refractivity contribution is 7.91. The molecule has 0 aromatic carbocycles. The van der Waals surface area contributed by atoms with E-state index in [9.17, 15) is 22.8 Å². The van der Waals surface area contributed by atoms with Gasteiger partial charge in [0.05, 0.1) is 6.67 Å². The van der Waals surface area contributed by atoms with Gasteiger partial charge in [-0.25, -0.2) is 18.1 Å². The molecule has 0 unspecified atom stereocenters. The van der Waals surface area contributed by atoms with Gasteiger partial charge < -0.3 is 0 Å². The normalized spacial score (nSPS) is 21.8. The standard InChI is InChI=1S/C20H26N4O5S2/c25-18-19(26)24(20(27)23(18)9-8-16-5-2-1-3-6-16)15-21-10-12-22(13-11-21)31(28,29)17-7-4-14-30-17/h4-5,7,14H,1-3,6,8-13,15H2. The number of piperazine rings is 1. The van der Waals surface area contributed by atoms with Crippen LogP contribution in [0.4, 0.5) is 4.79 Å². The fraction of sp³-hybridized carbons (Fsp3) is 0.550. The summed E-state index contributed by atoms with van der Waals surface area (Å²) < 4.78 is 27.0. The predicted molar refractivity (Wildman–Crippen MR) is 115 cm³/mol. The van der Waals surface area contributed by atoms with Crippen molar-refractivity contribution in [3.8, 4) is 0 Å². The van der Waals surface area contributed by atoms with Gasteiger partial charge in [-0.15, -0.1) is 11.3 Å². The second-order valence-corrected chi connectivity index (χ2v) is 11.0. The highest BCUT2D eigenvalue weighted by atomic mass is 32.2. The molecule has 1 aliphatic carbocycles. The number of amides is 4. The number of thiophene rings is 1. The molecule has 31 heavy (non-hydrogen) atoms. The molecule has 1 aromatic rings. The van der Waals surface area contributed by atoms with Crippen molar-refractivity contribution in [1.29, 1.82) is 0 Å². The maximum absolute atomic E-state index is 12.7. The van der Waals surface area contributed by atoms with Gasteiger partial charge in [0.1, 0.15) is 4.21 Å². The van der Waals surface area contributed by atoms with Crippen molar-refractivity contribution in [2.45, 2.75) is 36.3 Å². The topological polar surface area (TPSA) is 98.3 Å². The maximum Gasteiger partial charge on any atom is 0.335 e. The third-order valence-electron chi connectivity index (χ3n) is 5.94. The van der Waals surface area contributed by atoms with Crippen molar-refractivity contribution in [2.24, 2.45) is 0 Å². The zero-order valence-corrected chi connectivity index (χ0v) is 18.9. The van der Waals surface area contributed by atoms with E-state index in [0.29, 0.717) is 23.7 Å². The monoisotopic (exact) mass is 466 g/mol. The summed E-state index contributed by atoms with van der Waals surface area (Å²) in [6.07, 6.45) is 7.06. The minimum absolute atomic E-state index is 0.00447. The van der Waals surface area contributed by atoms with Crippen LogP contribution in [0.3, 0.4) is 0 Å². The maximum atomic E-state index is 12.7. The van der Waals surface area contributed by atoms with Crippen molar-refractivity contribution in [3.05, 3.63) is 29.2 Å². The van der Waals surface area contributed by atoms with Gasteiger partial charge in [0.2, 0.25) is 0 Å². The van der Waals surface area contributed by atoms with E-state index in [1.54, 1.807) is 17.5 Å². The molecular weight excluding hydrogens is 440 g/mol. The minimum atomic E-state index is -3.52. The summed E-state index contributed by atoms with van der Waals surface area (Å²) in [6, 6.07) is 2.70. The highest BCUT2D eigenvalue weighted by Gasteiger charge is 2.45. The number of hydrogen-bond acceptors (Lipinski definition) is 7. The smallest absolute Gasteiger partial charge is 0.283 e. The summed E-state index contributed by atoms with van der Waals surface area (Å²) >= 11 is 1.18. The number of carbonyl (C=O) groups excluding carboxylic acids is 3. The first-order valence-corrected chi connectivity index (χ1v) is 12.8. The summed E-state index contributed by atoms with van der Waals surface area (Å²) in [5, 5.41) is 1.72. The Kier molecular flexibility index (Phi) is 6.56. The Balaban J connectivity index is 1.32. The summed E-state index contributed by atoms with van der Waals surface area (Å²) in [5.41, 5.74) is 1.24. The first kappa shape index (κ1) is 22.1. The van der Waals surface area contributed by atoms with Gasteiger partial charge in [-0.3, -0.25) is 19.4 Å². The molecule has 1 aromatic heterocycles. The molecule has 2 fully saturated rings. The molecule has 0 radical (unpaired) electrons. The van der Waals surface area contributed by atoms with E-state index in [-0.39, 0.29) is 26.3 Å². The van der Waals surface area contributed by atoms with Crippen molar-refractivity contribution >= 4 is 39.2 Å². The molecule has 168 valence electrons. The number of hydrogen-bond donors (Lipinski definition) is 0. The van der Waals surface area contributed by atoms with Gasteiger partial charge in [-0.2, -0.15) is 4.31 Å². The Morgan fingerprint density at radius 1 is 0.968 bits per heavy atom. The van der Waals surface area contributed by atoms with E-state index < -0.39 is 27.9 Å². The van der Waals surface area contributed by atoms with Crippen LogP contribution in [-0.2, 0) is 19.6 Å². The van der Waals surface area contributed by atoms with E-state index in [0.717, 1.165) is 29.1 Å². The lowest BCUT2D eigenvalue weighted by Crippen LogP contribution is -2.52. The molecule has 11 heteroatoms. The molecule has 0 atom stereocenters. The second-order valence-electron chi connectivity index (χ2n) is 7.93. The number of sulfonamides is 1. The van der Waals surface area contributed by atoms with Crippen LogP contribution in [-0.4, -0.2) is 84.7 Å². The fourth-order valence-electron chi connectivity index (χ4n) is 4.11. The average Bonchev–Trinajstić information content (AvgIpc) is 3.39. The van der Waals surface area contributed by atoms with Crippen LogP contribution in [0.15, 0.2) is 33.4 Å². The molecule has 3 aliphatic rings. The molecule has 0 N–H and O–H groups in total. The van der Waals surface area contributed by atoms with Crippen LogP contribution < -0.4 is 0 Å². The van der Waals surface area contributed by atoms with Crippen LogP contribution in [0, 0.1) is 0 Å². The summed E-state index contributed by atoms with van der Waals surface area (Å²) in [7, 11) is -3.52. The number of allylic oxidation sites excluding steroid dienone is 1. The Labute approximate surface area is 185 Å². The number of rotatable bonds is 7. The zero-order valence-electron chi connectivity index (χ0n) is 17.2. The van der Waals surface area contributed by atoms with E-state index in [1.807, 2.05) is 4.90 Å². The summed E-state index contributed by atoms with van der Waals surface area (Å²) in [6.45, 7) is 1.50. The van der Waals surface area contributed by atoms with Crippen LogP contribution >= 0.6 is 11.3 Å². The van der Waals surface area contributed by atoms with Gasteiger partial charge in [0, 0.05) is 32.7 Å². The van der Waals surface area contributed by atoms with Crippen LogP contribution in [0.5, 0.6) is 0 Å².